The molecular weight excluding hydrogens is 342 g/mol. The number of carbonyl (C=O) groups is 1. The summed E-state index contributed by atoms with van der Waals surface area (Å²) in [5.41, 5.74) is 3.35. The summed E-state index contributed by atoms with van der Waals surface area (Å²) in [5.74, 6) is 1.22. The van der Waals surface area contributed by atoms with E-state index in [0.29, 0.717) is 28.4 Å². The molecule has 1 N–H and O–H groups in total. The third-order valence-electron chi connectivity index (χ3n) is 4.11. The van der Waals surface area contributed by atoms with Gasteiger partial charge in [-0.2, -0.15) is 0 Å². The van der Waals surface area contributed by atoms with Crippen LogP contribution in [0.25, 0.3) is 11.1 Å². The minimum atomic E-state index is -0.252. The number of carbonyl (C=O) groups excluding carboxylic acids is 1. The molecule has 2 aromatic heterocycles. The monoisotopic (exact) mass is 359 g/mol. The maximum atomic E-state index is 12.5. The summed E-state index contributed by atoms with van der Waals surface area (Å²) < 4.78 is 10.9. The zero-order chi connectivity index (χ0) is 18.8. The molecule has 0 aliphatic carbocycles. The molecule has 0 atom stereocenters. The number of nitrogens with one attached hydrogen (secondary N) is 1. The molecule has 6 heteroatoms. The number of hydrogen-bond donors (Lipinski definition) is 1. The molecule has 134 valence electrons. The summed E-state index contributed by atoms with van der Waals surface area (Å²) in [7, 11) is 0. The molecule has 0 bridgehead atoms. The number of fused-ring (bicyclic) bond motifs is 1. The molecular formula is C21H17N3O3. The van der Waals surface area contributed by atoms with Crippen LogP contribution in [0.2, 0.25) is 0 Å². The fourth-order valence-electron chi connectivity index (χ4n) is 2.69. The second kappa shape index (κ2) is 6.92. The Labute approximate surface area is 155 Å². The van der Waals surface area contributed by atoms with Crippen molar-refractivity contribution in [2.24, 2.45) is 0 Å². The van der Waals surface area contributed by atoms with Gasteiger partial charge in [0.2, 0.25) is 0 Å². The summed E-state index contributed by atoms with van der Waals surface area (Å²) >= 11 is 0. The van der Waals surface area contributed by atoms with E-state index in [2.05, 4.69) is 15.5 Å². The van der Waals surface area contributed by atoms with Gasteiger partial charge in [-0.25, -0.2) is 4.98 Å². The lowest BCUT2D eigenvalue weighted by molar-refractivity contribution is 0.102. The van der Waals surface area contributed by atoms with Crippen molar-refractivity contribution in [3.8, 4) is 11.5 Å². The number of ether oxygens (including phenoxy) is 1. The van der Waals surface area contributed by atoms with Crippen molar-refractivity contribution in [3.63, 3.8) is 0 Å². The summed E-state index contributed by atoms with van der Waals surface area (Å²) in [6, 6.07) is 16.7. The largest absolute Gasteiger partial charge is 0.457 e. The molecule has 0 radical (unpaired) electrons. The van der Waals surface area contributed by atoms with Gasteiger partial charge in [0.15, 0.2) is 0 Å². The molecule has 2 aromatic carbocycles. The van der Waals surface area contributed by atoms with Gasteiger partial charge in [0.25, 0.3) is 11.6 Å². The van der Waals surface area contributed by atoms with Crippen LogP contribution in [0.5, 0.6) is 11.5 Å². The van der Waals surface area contributed by atoms with E-state index >= 15 is 0 Å². The first-order chi connectivity index (χ1) is 13.1. The van der Waals surface area contributed by atoms with E-state index in [1.54, 1.807) is 18.2 Å². The van der Waals surface area contributed by atoms with Crippen LogP contribution < -0.4 is 10.1 Å². The van der Waals surface area contributed by atoms with E-state index in [-0.39, 0.29) is 5.91 Å². The average molecular weight is 359 g/mol. The molecule has 0 fully saturated rings. The highest BCUT2D eigenvalue weighted by Crippen LogP contribution is 2.24. The SMILES string of the molecule is Cc1cccc(Oc2ccc(NC(=O)c3cnc4onc(C)c4c3)cc2)c1. The molecule has 4 aromatic rings. The Balaban J connectivity index is 1.47. The van der Waals surface area contributed by atoms with E-state index in [9.17, 15) is 4.79 Å². The van der Waals surface area contributed by atoms with Crippen LogP contribution in [0, 0.1) is 13.8 Å². The van der Waals surface area contributed by atoms with Gasteiger partial charge in [0.1, 0.15) is 11.5 Å². The van der Waals surface area contributed by atoms with Gasteiger partial charge >= 0.3 is 0 Å². The van der Waals surface area contributed by atoms with Gasteiger partial charge in [-0.3, -0.25) is 4.79 Å². The summed E-state index contributed by atoms with van der Waals surface area (Å²) in [4.78, 5) is 16.6. The minimum absolute atomic E-state index is 0.252. The van der Waals surface area contributed by atoms with Gasteiger partial charge in [-0.1, -0.05) is 17.3 Å². The third-order valence-corrected chi connectivity index (χ3v) is 4.11. The third kappa shape index (κ3) is 3.64. The molecule has 27 heavy (non-hydrogen) atoms. The van der Waals surface area contributed by atoms with Crippen LogP contribution >= 0.6 is 0 Å². The highest BCUT2D eigenvalue weighted by molar-refractivity contribution is 6.05. The van der Waals surface area contributed by atoms with Crippen molar-refractivity contribution in [1.82, 2.24) is 10.1 Å². The van der Waals surface area contributed by atoms with E-state index in [4.69, 9.17) is 9.26 Å². The molecule has 4 rings (SSSR count). The minimum Gasteiger partial charge on any atom is -0.457 e. The second-order valence-electron chi connectivity index (χ2n) is 6.24. The first-order valence-electron chi connectivity index (χ1n) is 8.46. The zero-order valence-electron chi connectivity index (χ0n) is 14.9. The highest BCUT2D eigenvalue weighted by Gasteiger charge is 2.12. The number of aromatic nitrogens is 2. The number of rotatable bonds is 4. The fourth-order valence-corrected chi connectivity index (χ4v) is 2.69. The first kappa shape index (κ1) is 16.8. The summed E-state index contributed by atoms with van der Waals surface area (Å²) in [5, 5.41) is 7.42. The van der Waals surface area contributed by atoms with E-state index in [1.165, 1.54) is 6.20 Å². The Bertz CT molecular complexity index is 1120. The lowest BCUT2D eigenvalue weighted by atomic mass is 10.2. The van der Waals surface area contributed by atoms with Crippen LogP contribution in [0.1, 0.15) is 21.6 Å². The van der Waals surface area contributed by atoms with Crippen molar-refractivity contribution in [2.75, 3.05) is 5.32 Å². The van der Waals surface area contributed by atoms with Crippen LogP contribution in [-0.4, -0.2) is 16.0 Å². The average Bonchev–Trinajstić information content (AvgIpc) is 3.04. The number of benzene rings is 2. The van der Waals surface area contributed by atoms with Crippen LogP contribution in [0.15, 0.2) is 65.3 Å². The number of aryl methyl sites for hydroxylation is 2. The normalized spacial score (nSPS) is 10.7. The molecule has 0 unspecified atom stereocenters. The number of anilines is 1. The first-order valence-corrected chi connectivity index (χ1v) is 8.46. The smallest absolute Gasteiger partial charge is 0.257 e. The van der Waals surface area contributed by atoms with Crippen LogP contribution in [0.4, 0.5) is 5.69 Å². The Morgan fingerprint density at radius 3 is 2.63 bits per heavy atom. The van der Waals surface area contributed by atoms with Crippen molar-refractivity contribution in [2.45, 2.75) is 13.8 Å². The summed E-state index contributed by atoms with van der Waals surface area (Å²) in [6.45, 7) is 3.82. The highest BCUT2D eigenvalue weighted by atomic mass is 16.5. The Morgan fingerprint density at radius 1 is 1.04 bits per heavy atom. The van der Waals surface area contributed by atoms with Crippen molar-refractivity contribution in [1.29, 1.82) is 0 Å². The second-order valence-corrected chi connectivity index (χ2v) is 6.24. The number of hydrogen-bond acceptors (Lipinski definition) is 5. The van der Waals surface area contributed by atoms with Crippen LogP contribution in [-0.2, 0) is 0 Å². The molecule has 2 heterocycles. The quantitative estimate of drug-likeness (QED) is 0.562. The van der Waals surface area contributed by atoms with Gasteiger partial charge in [0.05, 0.1) is 16.6 Å². The Morgan fingerprint density at radius 2 is 1.85 bits per heavy atom. The Kier molecular flexibility index (Phi) is 4.30. The van der Waals surface area contributed by atoms with Crippen LogP contribution in [0.3, 0.4) is 0 Å². The van der Waals surface area contributed by atoms with Gasteiger partial charge in [-0.15, -0.1) is 0 Å². The van der Waals surface area contributed by atoms with Crippen molar-refractivity contribution >= 4 is 22.7 Å². The molecule has 1 amide bonds. The topological polar surface area (TPSA) is 77.2 Å². The standard InChI is InChI=1S/C21H17N3O3/c1-13-4-3-5-18(10-13)26-17-8-6-16(7-9-17)23-20(25)15-11-19-14(2)24-27-21(19)22-12-15/h3-12H,1-2H3,(H,23,25). The lowest BCUT2D eigenvalue weighted by Crippen LogP contribution is -2.12. The fraction of sp³-hybridized carbons (Fsp3) is 0.0952. The predicted octanol–water partition coefficient (Wildman–Crippen LogP) is 4.88. The van der Waals surface area contributed by atoms with E-state index in [0.717, 1.165) is 16.7 Å². The molecule has 6 nitrogen and oxygen atoms in total. The van der Waals surface area contributed by atoms with Gasteiger partial charge < -0.3 is 14.6 Å². The zero-order valence-corrected chi connectivity index (χ0v) is 14.9. The van der Waals surface area contributed by atoms with Crippen molar-refractivity contribution < 1.29 is 14.1 Å². The van der Waals surface area contributed by atoms with E-state index in [1.807, 2.05) is 50.2 Å². The van der Waals surface area contributed by atoms with Gasteiger partial charge in [0, 0.05) is 11.9 Å². The maximum Gasteiger partial charge on any atom is 0.257 e. The predicted molar refractivity (Wildman–Crippen MR) is 102 cm³/mol. The molecule has 0 aliphatic heterocycles. The van der Waals surface area contributed by atoms with Crippen molar-refractivity contribution in [3.05, 3.63) is 77.6 Å². The Hall–Kier alpha value is -3.67. The van der Waals surface area contributed by atoms with E-state index < -0.39 is 0 Å². The summed E-state index contributed by atoms with van der Waals surface area (Å²) in [6.07, 6.45) is 1.47. The maximum absolute atomic E-state index is 12.5. The molecule has 0 saturated carbocycles. The number of amides is 1. The number of nitrogens with zero attached hydrogens (tertiary/aromatic N) is 2. The lowest BCUT2D eigenvalue weighted by Gasteiger charge is -2.08. The molecule has 0 aliphatic rings. The molecule has 0 saturated heterocycles. The van der Waals surface area contributed by atoms with Gasteiger partial charge in [-0.05, 0) is 61.9 Å². The number of pyridine rings is 1. The molecule has 0 spiro atoms.